The molecule has 0 aliphatic rings. The average Bonchev–Trinajstić information content (AvgIpc) is 2.20. The van der Waals surface area contributed by atoms with Crippen molar-refractivity contribution in [1.82, 2.24) is 0 Å². The van der Waals surface area contributed by atoms with E-state index in [4.69, 9.17) is 5.26 Å². The van der Waals surface area contributed by atoms with Gasteiger partial charge in [0.25, 0.3) is 0 Å². The maximum absolute atomic E-state index is 13.0. The van der Waals surface area contributed by atoms with Crippen LogP contribution in [0.15, 0.2) is 23.8 Å². The molecule has 0 radical (unpaired) electrons. The number of aliphatic hydroxyl groups is 1. The Balaban J connectivity index is 3.09. The van der Waals surface area contributed by atoms with Crippen molar-refractivity contribution in [2.75, 3.05) is 0 Å². The molecule has 0 aliphatic carbocycles. The highest BCUT2D eigenvalue weighted by Crippen LogP contribution is 2.14. The summed E-state index contributed by atoms with van der Waals surface area (Å²) in [7, 11) is 0. The minimum atomic E-state index is -0.541. The molecular weight excluding hydrogens is 193 g/mol. The highest BCUT2D eigenvalue weighted by atomic mass is 19.1. The first kappa shape index (κ1) is 11.4. The number of hydrogen-bond donors (Lipinski definition) is 1. The fourth-order valence-electron chi connectivity index (χ4n) is 1.10. The number of aliphatic hydroxyl groups excluding tert-OH is 1. The van der Waals surface area contributed by atoms with Crippen molar-refractivity contribution in [2.24, 2.45) is 0 Å². The monoisotopic (exact) mass is 205 g/mol. The zero-order valence-electron chi connectivity index (χ0n) is 8.66. The van der Waals surface area contributed by atoms with E-state index in [1.54, 1.807) is 32.1 Å². The Morgan fingerprint density at radius 1 is 1.60 bits per heavy atom. The Hall–Kier alpha value is -1.66. The van der Waals surface area contributed by atoms with E-state index in [0.29, 0.717) is 5.56 Å². The molecule has 1 aromatic carbocycles. The van der Waals surface area contributed by atoms with Gasteiger partial charge < -0.3 is 5.11 Å². The van der Waals surface area contributed by atoms with Gasteiger partial charge in [-0.1, -0.05) is 12.1 Å². The first-order chi connectivity index (χ1) is 7.04. The Bertz CT molecular complexity index is 430. The van der Waals surface area contributed by atoms with Gasteiger partial charge in [0, 0.05) is 0 Å². The molecule has 0 bridgehead atoms. The van der Waals surface area contributed by atoms with Gasteiger partial charge in [-0.3, -0.25) is 0 Å². The van der Waals surface area contributed by atoms with Crippen molar-refractivity contribution in [3.05, 3.63) is 40.7 Å². The largest absolute Gasteiger partial charge is 0.389 e. The molecular formula is C12H12FNO. The summed E-state index contributed by atoms with van der Waals surface area (Å²) in [5.74, 6) is -0.524. The zero-order chi connectivity index (χ0) is 11.4. The fourth-order valence-corrected chi connectivity index (χ4v) is 1.10. The smallest absolute Gasteiger partial charge is 0.140 e. The lowest BCUT2D eigenvalue weighted by molar-refractivity contribution is 0.232. The molecule has 1 aromatic rings. The van der Waals surface area contributed by atoms with Crippen molar-refractivity contribution in [1.29, 1.82) is 5.26 Å². The van der Waals surface area contributed by atoms with Gasteiger partial charge in [0.05, 0.1) is 11.7 Å². The van der Waals surface area contributed by atoms with Crippen LogP contribution in [-0.4, -0.2) is 11.2 Å². The van der Waals surface area contributed by atoms with Gasteiger partial charge in [0.2, 0.25) is 0 Å². The van der Waals surface area contributed by atoms with Crippen molar-refractivity contribution in [2.45, 2.75) is 20.0 Å². The van der Waals surface area contributed by atoms with Crippen LogP contribution in [0.5, 0.6) is 0 Å². The SMILES string of the molecule is C/C(=C\c1ccc(F)c(C#N)c1)C(C)O. The van der Waals surface area contributed by atoms with Crippen LogP contribution in [0.2, 0.25) is 0 Å². The van der Waals surface area contributed by atoms with Crippen LogP contribution in [-0.2, 0) is 0 Å². The van der Waals surface area contributed by atoms with Crippen LogP contribution in [0.1, 0.15) is 25.0 Å². The van der Waals surface area contributed by atoms with Crippen LogP contribution in [0.3, 0.4) is 0 Å². The lowest BCUT2D eigenvalue weighted by atomic mass is 10.1. The molecule has 0 heterocycles. The van der Waals surface area contributed by atoms with E-state index in [9.17, 15) is 9.50 Å². The number of halogens is 1. The van der Waals surface area contributed by atoms with E-state index in [0.717, 1.165) is 5.57 Å². The van der Waals surface area contributed by atoms with Crippen molar-refractivity contribution >= 4 is 6.08 Å². The van der Waals surface area contributed by atoms with E-state index in [1.807, 2.05) is 0 Å². The normalized spacial score (nSPS) is 13.4. The summed E-state index contributed by atoms with van der Waals surface area (Å²) in [5.41, 5.74) is 1.50. The molecule has 0 aliphatic heterocycles. The van der Waals surface area contributed by atoms with Crippen LogP contribution in [0.25, 0.3) is 6.08 Å². The number of nitrogens with zero attached hydrogens (tertiary/aromatic N) is 1. The summed E-state index contributed by atoms with van der Waals surface area (Å²) in [6.07, 6.45) is 1.19. The average molecular weight is 205 g/mol. The standard InChI is InChI=1S/C12H12FNO/c1-8(9(2)15)5-10-3-4-12(13)11(6-10)7-14/h3-6,9,15H,1-2H3/b8-5+. The molecule has 0 amide bonds. The van der Waals surface area contributed by atoms with Crippen LogP contribution < -0.4 is 0 Å². The van der Waals surface area contributed by atoms with Gasteiger partial charge in [-0.05, 0) is 37.1 Å². The number of benzene rings is 1. The highest BCUT2D eigenvalue weighted by Gasteiger charge is 2.03. The highest BCUT2D eigenvalue weighted by molar-refractivity contribution is 5.55. The molecule has 0 aromatic heterocycles. The zero-order valence-corrected chi connectivity index (χ0v) is 8.66. The van der Waals surface area contributed by atoms with Gasteiger partial charge in [0.1, 0.15) is 11.9 Å². The molecule has 1 atom stereocenters. The lowest BCUT2D eigenvalue weighted by Crippen LogP contribution is -2.00. The van der Waals surface area contributed by atoms with Crippen LogP contribution in [0, 0.1) is 17.1 Å². The molecule has 3 heteroatoms. The topological polar surface area (TPSA) is 44.0 Å². The minimum absolute atomic E-state index is 0.0159. The summed E-state index contributed by atoms with van der Waals surface area (Å²) in [6, 6.07) is 6.05. The molecule has 1 N–H and O–H groups in total. The van der Waals surface area contributed by atoms with Crippen molar-refractivity contribution < 1.29 is 9.50 Å². The third-order valence-corrected chi connectivity index (χ3v) is 2.16. The summed E-state index contributed by atoms with van der Waals surface area (Å²) in [6.45, 7) is 3.43. The Labute approximate surface area is 88.3 Å². The summed E-state index contributed by atoms with van der Waals surface area (Å²) < 4.78 is 13.0. The van der Waals surface area contributed by atoms with Gasteiger partial charge in [0.15, 0.2) is 0 Å². The van der Waals surface area contributed by atoms with Crippen molar-refractivity contribution in [3.63, 3.8) is 0 Å². The Morgan fingerprint density at radius 2 is 2.27 bits per heavy atom. The van der Waals surface area contributed by atoms with E-state index in [-0.39, 0.29) is 5.56 Å². The summed E-state index contributed by atoms with van der Waals surface area (Å²) >= 11 is 0. The number of hydrogen-bond acceptors (Lipinski definition) is 2. The molecule has 2 nitrogen and oxygen atoms in total. The summed E-state index contributed by atoms with van der Waals surface area (Å²) in [4.78, 5) is 0. The van der Waals surface area contributed by atoms with Crippen LogP contribution >= 0.6 is 0 Å². The molecule has 0 saturated heterocycles. The Kier molecular flexibility index (Phi) is 3.59. The quantitative estimate of drug-likeness (QED) is 0.806. The van der Waals surface area contributed by atoms with Gasteiger partial charge in [-0.2, -0.15) is 5.26 Å². The second-order valence-electron chi connectivity index (χ2n) is 3.42. The molecule has 0 spiro atoms. The maximum atomic E-state index is 13.0. The number of rotatable bonds is 2. The van der Waals surface area contributed by atoms with E-state index in [2.05, 4.69) is 0 Å². The van der Waals surface area contributed by atoms with Crippen molar-refractivity contribution in [3.8, 4) is 6.07 Å². The fraction of sp³-hybridized carbons (Fsp3) is 0.250. The molecule has 0 fully saturated rings. The van der Waals surface area contributed by atoms with E-state index >= 15 is 0 Å². The first-order valence-electron chi connectivity index (χ1n) is 4.60. The molecule has 0 saturated carbocycles. The molecule has 15 heavy (non-hydrogen) atoms. The minimum Gasteiger partial charge on any atom is -0.389 e. The molecule has 1 unspecified atom stereocenters. The van der Waals surface area contributed by atoms with E-state index in [1.165, 1.54) is 12.1 Å². The Morgan fingerprint density at radius 3 is 2.80 bits per heavy atom. The van der Waals surface area contributed by atoms with Crippen LogP contribution in [0.4, 0.5) is 4.39 Å². The summed E-state index contributed by atoms with van der Waals surface area (Å²) in [5, 5.41) is 17.9. The van der Waals surface area contributed by atoms with Gasteiger partial charge in [-0.15, -0.1) is 0 Å². The van der Waals surface area contributed by atoms with Gasteiger partial charge >= 0.3 is 0 Å². The number of nitriles is 1. The van der Waals surface area contributed by atoms with E-state index < -0.39 is 11.9 Å². The second kappa shape index (κ2) is 4.72. The predicted octanol–water partition coefficient (Wildman–Crippen LogP) is 2.48. The maximum Gasteiger partial charge on any atom is 0.140 e. The third-order valence-electron chi connectivity index (χ3n) is 2.16. The van der Waals surface area contributed by atoms with Gasteiger partial charge in [-0.25, -0.2) is 4.39 Å². The third kappa shape index (κ3) is 2.90. The first-order valence-corrected chi connectivity index (χ1v) is 4.60. The molecule has 78 valence electrons. The molecule has 1 rings (SSSR count). The lowest BCUT2D eigenvalue weighted by Gasteiger charge is -2.04. The predicted molar refractivity (Wildman–Crippen MR) is 56.4 cm³/mol. The second-order valence-corrected chi connectivity index (χ2v) is 3.42.